The van der Waals surface area contributed by atoms with Crippen LogP contribution >= 0.6 is 0 Å². The van der Waals surface area contributed by atoms with E-state index in [1.165, 1.54) is 0 Å². The van der Waals surface area contributed by atoms with Crippen LogP contribution in [-0.4, -0.2) is 25.0 Å². The first-order valence-corrected chi connectivity index (χ1v) is 8.13. The molecule has 0 saturated heterocycles. The molecule has 1 aromatic heterocycles. The van der Waals surface area contributed by atoms with Crippen molar-refractivity contribution >= 4 is 22.6 Å². The van der Waals surface area contributed by atoms with E-state index in [0.717, 1.165) is 30.6 Å². The minimum atomic E-state index is -0.602. The molecule has 0 fully saturated rings. The van der Waals surface area contributed by atoms with E-state index in [1.54, 1.807) is 6.07 Å². The van der Waals surface area contributed by atoms with Gasteiger partial charge in [-0.3, -0.25) is 4.79 Å². The smallest absolute Gasteiger partial charge is 0.349 e. The van der Waals surface area contributed by atoms with E-state index in [9.17, 15) is 9.59 Å². The number of benzene rings is 1. The number of carbonyl (C=O) groups excluding carboxylic acids is 1. The van der Waals surface area contributed by atoms with Gasteiger partial charge in [-0.2, -0.15) is 0 Å². The van der Waals surface area contributed by atoms with Gasteiger partial charge in [-0.15, -0.1) is 0 Å². The van der Waals surface area contributed by atoms with Gasteiger partial charge in [0.05, 0.1) is 0 Å². The lowest BCUT2D eigenvalue weighted by Gasteiger charge is -2.21. The van der Waals surface area contributed by atoms with Gasteiger partial charge >= 0.3 is 5.63 Å². The molecule has 0 saturated carbocycles. The summed E-state index contributed by atoms with van der Waals surface area (Å²) in [6.45, 7) is 9.78. The third-order valence-corrected chi connectivity index (χ3v) is 4.08. The van der Waals surface area contributed by atoms with Gasteiger partial charge in [0.2, 0.25) is 0 Å². The molecule has 1 aromatic carbocycles. The quantitative estimate of drug-likeness (QED) is 0.832. The predicted octanol–water partition coefficient (Wildman–Crippen LogP) is 3.17. The summed E-state index contributed by atoms with van der Waals surface area (Å²) in [5, 5.41) is 3.54. The van der Waals surface area contributed by atoms with E-state index in [-0.39, 0.29) is 17.5 Å². The molecule has 0 bridgehead atoms. The molecular formula is C18H24N2O3. The summed E-state index contributed by atoms with van der Waals surface area (Å²) >= 11 is 0. The predicted molar refractivity (Wildman–Crippen MR) is 93.3 cm³/mol. The average Bonchev–Trinajstić information content (AvgIpc) is 2.54. The third kappa shape index (κ3) is 3.73. The number of carbonyl (C=O) groups is 1. The zero-order valence-corrected chi connectivity index (χ0v) is 14.2. The summed E-state index contributed by atoms with van der Waals surface area (Å²) in [7, 11) is 0. The van der Waals surface area contributed by atoms with Crippen molar-refractivity contribution in [1.82, 2.24) is 5.32 Å². The van der Waals surface area contributed by atoms with Crippen LogP contribution in [0.3, 0.4) is 0 Å². The molecule has 5 heteroatoms. The molecule has 0 spiro atoms. The average molecular weight is 316 g/mol. The number of nitrogens with one attached hydrogen (secondary N) is 1. The number of fused-ring (bicyclic) bond motifs is 1. The molecule has 2 aromatic rings. The summed E-state index contributed by atoms with van der Waals surface area (Å²) < 4.78 is 5.37. The van der Waals surface area contributed by atoms with Crippen LogP contribution in [0, 0.1) is 0 Å². The Morgan fingerprint density at radius 2 is 1.91 bits per heavy atom. The molecule has 0 unspecified atom stereocenters. The van der Waals surface area contributed by atoms with Crippen LogP contribution in [0.5, 0.6) is 0 Å². The highest BCUT2D eigenvalue weighted by molar-refractivity contribution is 5.97. The van der Waals surface area contributed by atoms with E-state index >= 15 is 0 Å². The number of nitrogens with zero attached hydrogens (tertiary/aromatic N) is 1. The highest BCUT2D eigenvalue weighted by Crippen LogP contribution is 2.22. The molecule has 1 N–H and O–H groups in total. The van der Waals surface area contributed by atoms with Crippen LogP contribution in [0.4, 0.5) is 5.69 Å². The van der Waals surface area contributed by atoms with Crippen molar-refractivity contribution in [3.8, 4) is 0 Å². The normalized spacial score (nSPS) is 12.2. The van der Waals surface area contributed by atoms with Gasteiger partial charge in [0.1, 0.15) is 11.1 Å². The lowest BCUT2D eigenvalue weighted by atomic mass is 10.1. The molecule has 1 amide bonds. The largest absolute Gasteiger partial charge is 0.422 e. The second-order valence-corrected chi connectivity index (χ2v) is 5.62. The van der Waals surface area contributed by atoms with Gasteiger partial charge < -0.3 is 14.6 Å². The monoisotopic (exact) mass is 316 g/mol. The zero-order valence-electron chi connectivity index (χ0n) is 14.2. The van der Waals surface area contributed by atoms with E-state index in [0.29, 0.717) is 5.58 Å². The molecule has 23 heavy (non-hydrogen) atoms. The summed E-state index contributed by atoms with van der Waals surface area (Å²) in [4.78, 5) is 26.5. The summed E-state index contributed by atoms with van der Waals surface area (Å²) in [5.74, 6) is -0.386. The molecule has 1 heterocycles. The van der Waals surface area contributed by atoms with Crippen LogP contribution in [0.1, 0.15) is 44.5 Å². The van der Waals surface area contributed by atoms with Crippen LogP contribution in [-0.2, 0) is 0 Å². The lowest BCUT2D eigenvalue weighted by Crippen LogP contribution is -2.34. The van der Waals surface area contributed by atoms with Crippen molar-refractivity contribution in [1.29, 1.82) is 0 Å². The first kappa shape index (κ1) is 17.1. The Balaban J connectivity index is 2.41. The highest BCUT2D eigenvalue weighted by atomic mass is 16.4. The number of hydrogen-bond donors (Lipinski definition) is 1. The minimum absolute atomic E-state index is 0.0163. The van der Waals surface area contributed by atoms with Gasteiger partial charge in [-0.1, -0.05) is 6.92 Å². The van der Waals surface area contributed by atoms with Crippen LogP contribution in [0.15, 0.2) is 33.5 Å². The maximum absolute atomic E-state index is 12.2. The first-order chi connectivity index (χ1) is 11.0. The Hall–Kier alpha value is -2.30. The SMILES string of the molecule is CC[C@H](C)NC(=O)c1cc2ccc(N(CC)CC)cc2oc1=O. The van der Waals surface area contributed by atoms with E-state index in [1.807, 2.05) is 32.0 Å². The number of rotatable bonds is 6. The van der Waals surface area contributed by atoms with Crippen molar-refractivity contribution in [2.75, 3.05) is 18.0 Å². The van der Waals surface area contributed by atoms with Crippen LogP contribution < -0.4 is 15.8 Å². The van der Waals surface area contributed by atoms with E-state index in [2.05, 4.69) is 24.1 Å². The summed E-state index contributed by atoms with van der Waals surface area (Å²) in [6, 6.07) is 7.32. The molecule has 5 nitrogen and oxygen atoms in total. The molecule has 0 radical (unpaired) electrons. The molecule has 0 aliphatic rings. The van der Waals surface area contributed by atoms with Crippen LogP contribution in [0.25, 0.3) is 11.0 Å². The standard InChI is InChI=1S/C18H24N2O3/c1-5-12(4)19-17(21)15-10-13-8-9-14(20(6-2)7-3)11-16(13)23-18(15)22/h8-12H,5-7H2,1-4H3,(H,19,21)/t12-/m0/s1. The van der Waals surface area contributed by atoms with E-state index in [4.69, 9.17) is 4.42 Å². The van der Waals surface area contributed by atoms with Gasteiger partial charge in [-0.25, -0.2) is 4.79 Å². The van der Waals surface area contributed by atoms with E-state index < -0.39 is 5.63 Å². The molecule has 0 aliphatic carbocycles. The second kappa shape index (κ2) is 7.31. The van der Waals surface area contributed by atoms with Crippen molar-refractivity contribution in [3.05, 3.63) is 40.2 Å². The van der Waals surface area contributed by atoms with Crippen LogP contribution in [0.2, 0.25) is 0 Å². The maximum Gasteiger partial charge on any atom is 0.349 e. The highest BCUT2D eigenvalue weighted by Gasteiger charge is 2.15. The van der Waals surface area contributed by atoms with Gasteiger partial charge in [0, 0.05) is 36.3 Å². The molecular weight excluding hydrogens is 292 g/mol. The zero-order chi connectivity index (χ0) is 17.0. The minimum Gasteiger partial charge on any atom is -0.422 e. The van der Waals surface area contributed by atoms with Crippen molar-refractivity contribution in [2.24, 2.45) is 0 Å². The first-order valence-electron chi connectivity index (χ1n) is 8.13. The lowest BCUT2D eigenvalue weighted by molar-refractivity contribution is 0.0935. The fraction of sp³-hybridized carbons (Fsp3) is 0.444. The topological polar surface area (TPSA) is 62.6 Å². The van der Waals surface area contributed by atoms with Crippen molar-refractivity contribution < 1.29 is 9.21 Å². The maximum atomic E-state index is 12.2. The van der Waals surface area contributed by atoms with Crippen molar-refractivity contribution in [2.45, 2.75) is 40.2 Å². The summed E-state index contributed by atoms with van der Waals surface area (Å²) in [6.07, 6.45) is 0.803. The van der Waals surface area contributed by atoms with Gasteiger partial charge in [0.15, 0.2) is 0 Å². The fourth-order valence-electron chi connectivity index (χ4n) is 2.45. The Bertz CT molecular complexity index is 748. The number of anilines is 1. The second-order valence-electron chi connectivity index (χ2n) is 5.62. The Kier molecular flexibility index (Phi) is 5.42. The number of amides is 1. The Morgan fingerprint density at radius 3 is 2.52 bits per heavy atom. The summed E-state index contributed by atoms with van der Waals surface area (Å²) in [5.41, 5.74) is 0.949. The number of hydrogen-bond acceptors (Lipinski definition) is 4. The van der Waals surface area contributed by atoms with Crippen molar-refractivity contribution in [3.63, 3.8) is 0 Å². The molecule has 2 rings (SSSR count). The molecule has 124 valence electrons. The van der Waals surface area contributed by atoms with Gasteiger partial charge in [-0.05, 0) is 45.4 Å². The Morgan fingerprint density at radius 1 is 1.22 bits per heavy atom. The Labute approximate surface area is 136 Å². The molecule has 1 atom stereocenters. The fourth-order valence-corrected chi connectivity index (χ4v) is 2.45. The molecule has 0 aliphatic heterocycles. The van der Waals surface area contributed by atoms with Gasteiger partial charge in [0.25, 0.3) is 5.91 Å². The third-order valence-electron chi connectivity index (χ3n) is 4.08.